The lowest BCUT2D eigenvalue weighted by molar-refractivity contribution is -0.142. The van der Waals surface area contributed by atoms with Crippen molar-refractivity contribution in [2.45, 2.75) is 82.6 Å². The molecule has 18 nitrogen and oxygen atoms in total. The van der Waals surface area contributed by atoms with Crippen molar-refractivity contribution in [2.75, 3.05) is 19.6 Å². The van der Waals surface area contributed by atoms with Gasteiger partial charge in [-0.05, 0) is 54.3 Å². The topological polar surface area (TPSA) is 255 Å². The fourth-order valence-electron chi connectivity index (χ4n) is 8.04. The second-order valence-electron chi connectivity index (χ2n) is 16.0. The fraction of sp³-hybridized carbons (Fsp3) is 0.395. The standard InChI is InChI=1S/C43H51N11O7/c1-24(2)14-32-41(59)52-34(18-28-20-44-23-48-28)40(58)47-22-38(56)51-35(17-27-15-25-8-3-5-10-30(25)49-27)43(61)54-13-7-12-36(54)42(60)53-33(39(57)46-21-37(55)50-32)16-26-19-45-31-11-6-4-9-29(26)31/h3-6,8-11,15,19-20,23-24,32-36,45,49H,7,12-14,16-18,21-22H2,1-2H3,(H,44,48)(H,46,57)(H,47,58)(H,50,55)(H,51,56)(H,52,59)(H,53,60)/t32-,33-,34+,35+,36-/m0/s1. The van der Waals surface area contributed by atoms with Crippen LogP contribution in [0, 0.1) is 5.92 Å². The van der Waals surface area contributed by atoms with E-state index in [2.05, 4.69) is 51.8 Å². The van der Waals surface area contributed by atoms with Crippen LogP contribution in [0.3, 0.4) is 0 Å². The highest BCUT2D eigenvalue weighted by Crippen LogP contribution is 2.23. The number of nitrogens with one attached hydrogen (secondary N) is 9. The number of aromatic amines is 3. The van der Waals surface area contributed by atoms with Crippen LogP contribution in [0.5, 0.6) is 0 Å². The Morgan fingerprint density at radius 1 is 0.689 bits per heavy atom. The zero-order chi connectivity index (χ0) is 43.0. The van der Waals surface area contributed by atoms with Gasteiger partial charge in [-0.25, -0.2) is 4.98 Å². The lowest BCUT2D eigenvalue weighted by atomic mass is 10.0. The van der Waals surface area contributed by atoms with Gasteiger partial charge in [0.2, 0.25) is 41.4 Å². The van der Waals surface area contributed by atoms with Gasteiger partial charge in [0.15, 0.2) is 0 Å². The van der Waals surface area contributed by atoms with Crippen LogP contribution in [0.1, 0.15) is 50.1 Å². The van der Waals surface area contributed by atoms with Crippen LogP contribution >= 0.6 is 0 Å². The quantitative estimate of drug-likeness (QED) is 0.107. The summed E-state index contributed by atoms with van der Waals surface area (Å²) in [5.74, 6) is -4.49. The van der Waals surface area contributed by atoms with Gasteiger partial charge in [-0.1, -0.05) is 50.2 Å². The number of rotatable bonds is 8. The third kappa shape index (κ3) is 10.4. The Hall–Kier alpha value is -6.98. The van der Waals surface area contributed by atoms with Crippen LogP contribution in [0.2, 0.25) is 0 Å². The smallest absolute Gasteiger partial charge is 0.246 e. The van der Waals surface area contributed by atoms with Crippen LogP contribution in [0.15, 0.2) is 73.3 Å². The first-order valence-corrected chi connectivity index (χ1v) is 20.6. The summed E-state index contributed by atoms with van der Waals surface area (Å²) in [6, 6.07) is 11.4. The molecule has 0 bridgehead atoms. The molecule has 61 heavy (non-hydrogen) atoms. The Balaban J connectivity index is 1.20. The Kier molecular flexibility index (Phi) is 13.1. The van der Waals surface area contributed by atoms with E-state index in [0.717, 1.165) is 27.4 Å². The van der Waals surface area contributed by atoms with Gasteiger partial charge >= 0.3 is 0 Å². The number of fused-ring (bicyclic) bond motifs is 3. The maximum Gasteiger partial charge on any atom is 0.246 e. The average molecular weight is 834 g/mol. The minimum atomic E-state index is -1.20. The largest absolute Gasteiger partial charge is 0.361 e. The molecule has 3 aromatic heterocycles. The van der Waals surface area contributed by atoms with E-state index in [1.165, 1.54) is 17.4 Å². The molecule has 2 aliphatic heterocycles. The van der Waals surface area contributed by atoms with E-state index in [-0.39, 0.29) is 38.1 Å². The predicted molar refractivity (Wildman–Crippen MR) is 224 cm³/mol. The molecule has 0 radical (unpaired) electrons. The molecule has 2 fully saturated rings. The molecule has 2 aliphatic rings. The number of hydrogen-bond donors (Lipinski definition) is 9. The van der Waals surface area contributed by atoms with Gasteiger partial charge in [0.1, 0.15) is 30.2 Å². The minimum absolute atomic E-state index is 0.0196. The van der Waals surface area contributed by atoms with E-state index in [0.29, 0.717) is 24.2 Å². The van der Waals surface area contributed by atoms with E-state index in [1.54, 1.807) is 6.20 Å². The van der Waals surface area contributed by atoms with Crippen molar-refractivity contribution >= 4 is 63.2 Å². The van der Waals surface area contributed by atoms with E-state index >= 15 is 0 Å². The fourth-order valence-corrected chi connectivity index (χ4v) is 8.04. The first-order chi connectivity index (χ1) is 29.4. The molecule has 5 aromatic rings. The number of hydrogen-bond acceptors (Lipinski definition) is 8. The lowest BCUT2D eigenvalue weighted by Crippen LogP contribution is -2.58. The molecule has 2 aromatic carbocycles. The van der Waals surface area contributed by atoms with Gasteiger partial charge in [-0.3, -0.25) is 33.6 Å². The molecular weight excluding hydrogens is 783 g/mol. The van der Waals surface area contributed by atoms with E-state index in [9.17, 15) is 33.6 Å². The summed E-state index contributed by atoms with van der Waals surface area (Å²) >= 11 is 0. The first-order valence-electron chi connectivity index (χ1n) is 20.6. The van der Waals surface area contributed by atoms with Gasteiger partial charge < -0.3 is 51.8 Å². The lowest BCUT2D eigenvalue weighted by Gasteiger charge is -2.30. The third-order valence-electron chi connectivity index (χ3n) is 11.0. The molecule has 0 aliphatic carbocycles. The summed E-state index contributed by atoms with van der Waals surface area (Å²) in [4.78, 5) is 112. The normalized spacial score (nSPS) is 22.8. The van der Waals surface area contributed by atoms with Gasteiger partial charge in [-0.2, -0.15) is 0 Å². The van der Waals surface area contributed by atoms with Crippen molar-refractivity contribution in [1.82, 2.24) is 56.7 Å². The predicted octanol–water partition coefficient (Wildman–Crippen LogP) is 0.623. The number of H-pyrrole nitrogens is 3. The van der Waals surface area contributed by atoms with Crippen molar-refractivity contribution in [2.24, 2.45) is 5.92 Å². The third-order valence-corrected chi connectivity index (χ3v) is 11.0. The van der Waals surface area contributed by atoms with Crippen molar-refractivity contribution in [3.63, 3.8) is 0 Å². The summed E-state index contributed by atoms with van der Waals surface area (Å²) in [5, 5.41) is 18.0. The molecule has 5 heterocycles. The Morgan fingerprint density at radius 2 is 1.34 bits per heavy atom. The van der Waals surface area contributed by atoms with Crippen molar-refractivity contribution in [1.29, 1.82) is 0 Å². The highest BCUT2D eigenvalue weighted by atomic mass is 16.2. The van der Waals surface area contributed by atoms with Crippen LogP contribution in [0.25, 0.3) is 21.8 Å². The molecule has 7 amide bonds. The van der Waals surface area contributed by atoms with Gasteiger partial charge in [0.05, 0.1) is 19.4 Å². The molecule has 2 saturated heterocycles. The summed E-state index contributed by atoms with van der Waals surface area (Å²) in [6.45, 7) is 2.90. The molecule has 5 atom stereocenters. The maximum atomic E-state index is 14.5. The SMILES string of the molecule is CC(C)C[C@@H]1NC(=O)CNC(=O)[C@H](Cc2c[nH]c3ccccc23)NC(=O)[C@@H]2CCCN2C(=O)[C@@H](Cc2cc3ccccc3[nH]2)NC(=O)CNC(=O)[C@@H](Cc2cnc[nH]2)NC1=O. The summed E-state index contributed by atoms with van der Waals surface area (Å²) in [5.41, 5.74) is 3.60. The second kappa shape index (κ2) is 18.9. The van der Waals surface area contributed by atoms with E-state index in [4.69, 9.17) is 0 Å². The highest BCUT2D eigenvalue weighted by Gasteiger charge is 2.39. The Bertz CT molecular complexity index is 2370. The number of para-hydroxylation sites is 2. The molecule has 18 heteroatoms. The maximum absolute atomic E-state index is 14.5. The first kappa shape index (κ1) is 42.2. The Labute approximate surface area is 351 Å². The molecule has 0 spiro atoms. The molecule has 320 valence electrons. The molecule has 0 saturated carbocycles. The zero-order valence-corrected chi connectivity index (χ0v) is 34.0. The summed E-state index contributed by atoms with van der Waals surface area (Å²) < 4.78 is 0. The van der Waals surface area contributed by atoms with E-state index < -0.39 is 84.6 Å². The van der Waals surface area contributed by atoms with Gasteiger partial charge in [0, 0.05) is 66.0 Å². The number of carbonyl (C=O) groups is 7. The van der Waals surface area contributed by atoms with Crippen molar-refractivity contribution < 1.29 is 33.6 Å². The van der Waals surface area contributed by atoms with Crippen LogP contribution in [-0.4, -0.2) is 116 Å². The zero-order valence-electron chi connectivity index (χ0n) is 34.0. The second-order valence-corrected chi connectivity index (χ2v) is 16.0. The number of aromatic nitrogens is 4. The molecule has 7 rings (SSSR count). The van der Waals surface area contributed by atoms with Crippen molar-refractivity contribution in [3.05, 3.63) is 90.3 Å². The number of imidazole rings is 1. The van der Waals surface area contributed by atoms with Gasteiger partial charge in [0.25, 0.3) is 0 Å². The highest BCUT2D eigenvalue weighted by molar-refractivity contribution is 5.98. The number of amides is 7. The minimum Gasteiger partial charge on any atom is -0.361 e. The van der Waals surface area contributed by atoms with Crippen LogP contribution in [0.4, 0.5) is 0 Å². The Morgan fingerprint density at radius 3 is 2.05 bits per heavy atom. The molecule has 9 N–H and O–H groups in total. The summed E-state index contributed by atoms with van der Waals surface area (Å²) in [7, 11) is 0. The number of carbonyl (C=O) groups excluding carboxylic acids is 7. The number of nitrogens with zero attached hydrogens (tertiary/aromatic N) is 2. The monoisotopic (exact) mass is 833 g/mol. The van der Waals surface area contributed by atoms with Crippen molar-refractivity contribution in [3.8, 4) is 0 Å². The molecular formula is C43H51N11O7. The molecule has 0 unspecified atom stereocenters. The number of benzene rings is 2. The van der Waals surface area contributed by atoms with Crippen LogP contribution < -0.4 is 31.9 Å². The summed E-state index contributed by atoms with van der Waals surface area (Å²) in [6.07, 6.45) is 5.76. The van der Waals surface area contributed by atoms with Crippen LogP contribution in [-0.2, 0) is 52.8 Å². The van der Waals surface area contributed by atoms with Gasteiger partial charge in [-0.15, -0.1) is 0 Å². The van der Waals surface area contributed by atoms with E-state index in [1.807, 2.05) is 68.4 Å². The average Bonchev–Trinajstić information content (AvgIpc) is 4.08.